The van der Waals surface area contributed by atoms with Crippen molar-refractivity contribution >= 4 is 17.4 Å². The number of rotatable bonds is 4. The number of methoxy groups -OCH3 is 1. The summed E-state index contributed by atoms with van der Waals surface area (Å²) in [4.78, 5) is 12.0. The number of ether oxygens (including phenoxy) is 1. The first-order valence-electron chi connectivity index (χ1n) is 5.05. The molecule has 0 amide bonds. The van der Waals surface area contributed by atoms with E-state index < -0.39 is 0 Å². The Bertz CT molecular complexity index is 354. The number of ketones is 1. The largest absolute Gasteiger partial charge is 0.373 e. The Morgan fingerprint density at radius 2 is 2.00 bits per heavy atom. The molecule has 2 nitrogen and oxygen atoms in total. The molecule has 0 aromatic heterocycles. The second-order valence-electron chi connectivity index (χ2n) is 3.86. The van der Waals surface area contributed by atoms with Crippen molar-refractivity contribution in [1.82, 2.24) is 0 Å². The normalized spacial score (nSPS) is 17.5. The summed E-state index contributed by atoms with van der Waals surface area (Å²) in [6, 6.07) is 6.96. The quantitative estimate of drug-likeness (QED) is 0.735. The van der Waals surface area contributed by atoms with E-state index in [-0.39, 0.29) is 11.9 Å². The third-order valence-corrected chi connectivity index (χ3v) is 2.94. The molecule has 0 spiro atoms. The van der Waals surface area contributed by atoms with E-state index in [2.05, 4.69) is 0 Å². The molecule has 15 heavy (non-hydrogen) atoms. The Morgan fingerprint density at radius 3 is 2.47 bits per heavy atom. The summed E-state index contributed by atoms with van der Waals surface area (Å²) in [6.45, 7) is 0. The second-order valence-corrected chi connectivity index (χ2v) is 4.30. The van der Waals surface area contributed by atoms with Gasteiger partial charge in [-0.05, 0) is 43.0 Å². The zero-order valence-corrected chi connectivity index (χ0v) is 9.33. The predicted molar refractivity (Wildman–Crippen MR) is 59.3 cm³/mol. The molecule has 1 atom stereocenters. The molecule has 0 heterocycles. The molecule has 1 unspecified atom stereocenters. The Morgan fingerprint density at radius 1 is 1.40 bits per heavy atom. The van der Waals surface area contributed by atoms with E-state index in [4.69, 9.17) is 16.3 Å². The van der Waals surface area contributed by atoms with E-state index in [9.17, 15) is 4.79 Å². The van der Waals surface area contributed by atoms with Gasteiger partial charge in [-0.2, -0.15) is 0 Å². The molecule has 1 aromatic carbocycles. The van der Waals surface area contributed by atoms with Crippen molar-refractivity contribution in [1.29, 1.82) is 0 Å². The summed E-state index contributed by atoms with van der Waals surface area (Å²) < 4.78 is 5.24. The van der Waals surface area contributed by atoms with Gasteiger partial charge in [0.15, 0.2) is 5.78 Å². The van der Waals surface area contributed by atoms with Crippen LogP contribution in [0, 0.1) is 5.92 Å². The van der Waals surface area contributed by atoms with Crippen LogP contribution in [0.4, 0.5) is 0 Å². The summed E-state index contributed by atoms with van der Waals surface area (Å²) in [6.07, 6.45) is 1.92. The molecule has 2 rings (SSSR count). The lowest BCUT2D eigenvalue weighted by Gasteiger charge is -2.12. The number of carbonyl (C=O) groups excluding carboxylic acids is 1. The van der Waals surface area contributed by atoms with Crippen LogP contribution in [0.2, 0.25) is 5.02 Å². The van der Waals surface area contributed by atoms with Gasteiger partial charge in [0.1, 0.15) is 6.10 Å². The molecular weight excluding hydrogens is 212 g/mol. The molecule has 1 aromatic rings. The van der Waals surface area contributed by atoms with Gasteiger partial charge in [-0.15, -0.1) is 0 Å². The first-order valence-corrected chi connectivity index (χ1v) is 5.42. The average Bonchev–Trinajstić information content (AvgIpc) is 3.04. The van der Waals surface area contributed by atoms with Gasteiger partial charge >= 0.3 is 0 Å². The van der Waals surface area contributed by atoms with Crippen LogP contribution in [-0.4, -0.2) is 19.0 Å². The molecule has 1 fully saturated rings. The van der Waals surface area contributed by atoms with Crippen LogP contribution in [0.25, 0.3) is 0 Å². The molecule has 1 aliphatic carbocycles. The van der Waals surface area contributed by atoms with Gasteiger partial charge in [-0.25, -0.2) is 0 Å². The Balaban J connectivity index is 2.15. The molecule has 0 bridgehead atoms. The van der Waals surface area contributed by atoms with Crippen molar-refractivity contribution in [2.24, 2.45) is 5.92 Å². The van der Waals surface area contributed by atoms with Crippen molar-refractivity contribution in [3.05, 3.63) is 34.9 Å². The summed E-state index contributed by atoms with van der Waals surface area (Å²) >= 11 is 5.76. The third kappa shape index (κ3) is 2.39. The van der Waals surface area contributed by atoms with Gasteiger partial charge in [-0.1, -0.05) is 11.6 Å². The van der Waals surface area contributed by atoms with E-state index in [0.717, 1.165) is 12.8 Å². The summed E-state index contributed by atoms with van der Waals surface area (Å²) in [5.74, 6) is 0.481. The van der Waals surface area contributed by atoms with Gasteiger partial charge < -0.3 is 4.74 Å². The van der Waals surface area contributed by atoms with Gasteiger partial charge in [0.25, 0.3) is 0 Å². The Hall–Kier alpha value is -0.860. The van der Waals surface area contributed by atoms with Crippen molar-refractivity contribution in [2.75, 3.05) is 7.11 Å². The number of hydrogen-bond acceptors (Lipinski definition) is 2. The average molecular weight is 225 g/mol. The van der Waals surface area contributed by atoms with E-state index in [1.165, 1.54) is 0 Å². The van der Waals surface area contributed by atoms with E-state index in [1.54, 1.807) is 31.4 Å². The SMILES string of the molecule is COC(C(=O)c1ccc(Cl)cc1)C1CC1. The molecule has 0 N–H and O–H groups in total. The maximum atomic E-state index is 12.0. The van der Waals surface area contributed by atoms with Crippen LogP contribution in [0.1, 0.15) is 23.2 Å². The van der Waals surface area contributed by atoms with Crippen molar-refractivity contribution in [3.8, 4) is 0 Å². The minimum atomic E-state index is -0.272. The number of carbonyl (C=O) groups is 1. The third-order valence-electron chi connectivity index (χ3n) is 2.69. The highest BCUT2D eigenvalue weighted by Gasteiger charge is 2.36. The Kier molecular flexibility index (Phi) is 3.08. The lowest BCUT2D eigenvalue weighted by atomic mass is 10.0. The van der Waals surface area contributed by atoms with E-state index >= 15 is 0 Å². The van der Waals surface area contributed by atoms with Crippen LogP contribution >= 0.6 is 11.6 Å². The fraction of sp³-hybridized carbons (Fsp3) is 0.417. The number of hydrogen-bond donors (Lipinski definition) is 0. The molecule has 80 valence electrons. The molecule has 0 radical (unpaired) electrons. The molecule has 3 heteroatoms. The van der Waals surface area contributed by atoms with Gasteiger partial charge in [0.05, 0.1) is 0 Å². The lowest BCUT2D eigenvalue weighted by Crippen LogP contribution is -2.25. The van der Waals surface area contributed by atoms with E-state index in [1.807, 2.05) is 0 Å². The summed E-state index contributed by atoms with van der Waals surface area (Å²) in [5, 5.41) is 0.645. The maximum Gasteiger partial charge on any atom is 0.191 e. The van der Waals surface area contributed by atoms with Crippen LogP contribution < -0.4 is 0 Å². The molecule has 0 saturated heterocycles. The lowest BCUT2D eigenvalue weighted by molar-refractivity contribution is 0.0540. The highest BCUT2D eigenvalue weighted by atomic mass is 35.5. The van der Waals surface area contributed by atoms with Crippen molar-refractivity contribution in [3.63, 3.8) is 0 Å². The van der Waals surface area contributed by atoms with E-state index in [0.29, 0.717) is 16.5 Å². The Labute approximate surface area is 94.2 Å². The van der Waals surface area contributed by atoms with Gasteiger partial charge in [0, 0.05) is 17.7 Å². The zero-order chi connectivity index (χ0) is 10.8. The van der Waals surface area contributed by atoms with Gasteiger partial charge in [-0.3, -0.25) is 4.79 Å². The predicted octanol–water partition coefficient (Wildman–Crippen LogP) is 2.95. The standard InChI is InChI=1S/C12H13ClO2/c1-15-12(9-2-3-9)11(14)8-4-6-10(13)7-5-8/h4-7,9,12H,2-3H2,1H3. The van der Waals surface area contributed by atoms with Crippen molar-refractivity contribution < 1.29 is 9.53 Å². The molecule has 1 saturated carbocycles. The van der Waals surface area contributed by atoms with Crippen LogP contribution in [0.5, 0.6) is 0 Å². The molecular formula is C12H13ClO2. The van der Waals surface area contributed by atoms with Gasteiger partial charge in [0.2, 0.25) is 0 Å². The minimum absolute atomic E-state index is 0.0664. The van der Waals surface area contributed by atoms with Crippen LogP contribution in [0.3, 0.4) is 0 Å². The summed E-state index contributed by atoms with van der Waals surface area (Å²) in [7, 11) is 1.59. The minimum Gasteiger partial charge on any atom is -0.373 e. The first kappa shape index (κ1) is 10.7. The maximum absolute atomic E-state index is 12.0. The highest BCUT2D eigenvalue weighted by molar-refractivity contribution is 6.30. The fourth-order valence-electron chi connectivity index (χ4n) is 1.69. The topological polar surface area (TPSA) is 26.3 Å². The van der Waals surface area contributed by atoms with Crippen molar-refractivity contribution in [2.45, 2.75) is 18.9 Å². The number of halogens is 1. The molecule has 1 aliphatic rings. The van der Waals surface area contributed by atoms with Crippen LogP contribution in [-0.2, 0) is 4.74 Å². The molecule has 0 aliphatic heterocycles. The monoisotopic (exact) mass is 224 g/mol. The zero-order valence-electron chi connectivity index (χ0n) is 8.57. The number of benzene rings is 1. The smallest absolute Gasteiger partial charge is 0.191 e. The van der Waals surface area contributed by atoms with Crippen LogP contribution in [0.15, 0.2) is 24.3 Å². The first-order chi connectivity index (χ1) is 7.22. The highest BCUT2D eigenvalue weighted by Crippen LogP contribution is 2.35. The summed E-state index contributed by atoms with van der Waals surface area (Å²) in [5.41, 5.74) is 0.679. The second kappa shape index (κ2) is 4.33. The fourth-order valence-corrected chi connectivity index (χ4v) is 1.82. The number of Topliss-reactive ketones (excluding diaryl/α,β-unsaturated/α-hetero) is 1.